The van der Waals surface area contributed by atoms with E-state index < -0.39 is 6.10 Å². The van der Waals surface area contributed by atoms with Gasteiger partial charge in [-0.15, -0.1) is 0 Å². The molecule has 0 bridgehead atoms. The molecule has 1 atom stereocenters. The first-order valence-electron chi connectivity index (χ1n) is 4.55. The maximum atomic E-state index is 9.28. The van der Waals surface area contributed by atoms with Crippen LogP contribution in [-0.4, -0.2) is 15.2 Å². The minimum absolute atomic E-state index is 0.242. The fourth-order valence-electron chi connectivity index (χ4n) is 1.18. The fraction of sp³-hybridized carbons (Fsp3) is 0.200. The molecule has 0 saturated heterocycles. The molecule has 0 fully saturated rings. The topological polar surface area (TPSA) is 59.2 Å². The van der Waals surface area contributed by atoms with Crippen molar-refractivity contribution in [3.05, 3.63) is 33.5 Å². The average Bonchev–Trinajstić information content (AvgIpc) is 2.71. The Morgan fingerprint density at radius 2 is 2.25 bits per heavy atom. The monoisotopic (exact) mass is 302 g/mol. The minimum Gasteiger partial charge on any atom is -0.385 e. The molecule has 0 radical (unpaired) electrons. The van der Waals surface area contributed by atoms with Crippen LogP contribution in [0.2, 0.25) is 5.02 Å². The molecular weight excluding hydrogens is 295 g/mol. The fourth-order valence-corrected chi connectivity index (χ4v) is 1.76. The standard InChI is InChI=1S/C10H8BrClN2O2/c1-5(15)9-13-10(16-14-9)6-3-2-4-7(11)8(6)12/h2-5,15H,1H3. The van der Waals surface area contributed by atoms with Crippen molar-refractivity contribution >= 4 is 27.5 Å². The third kappa shape index (κ3) is 2.11. The average molecular weight is 304 g/mol. The van der Waals surface area contributed by atoms with Crippen molar-refractivity contribution < 1.29 is 9.63 Å². The van der Waals surface area contributed by atoms with Gasteiger partial charge in [0.2, 0.25) is 0 Å². The largest absolute Gasteiger partial charge is 0.385 e. The van der Waals surface area contributed by atoms with E-state index in [2.05, 4.69) is 26.1 Å². The van der Waals surface area contributed by atoms with Crippen molar-refractivity contribution in [2.24, 2.45) is 0 Å². The summed E-state index contributed by atoms with van der Waals surface area (Å²) < 4.78 is 5.77. The Bertz CT molecular complexity index is 513. The first kappa shape index (κ1) is 11.6. The van der Waals surface area contributed by atoms with Crippen molar-refractivity contribution in [2.45, 2.75) is 13.0 Å². The summed E-state index contributed by atoms with van der Waals surface area (Å²) >= 11 is 9.39. The zero-order valence-corrected chi connectivity index (χ0v) is 10.7. The number of benzene rings is 1. The summed E-state index contributed by atoms with van der Waals surface area (Å²) in [7, 11) is 0. The third-order valence-corrected chi connectivity index (χ3v) is 3.29. The predicted molar refractivity (Wildman–Crippen MR) is 63.1 cm³/mol. The lowest BCUT2D eigenvalue weighted by Gasteiger charge is -1.99. The number of hydrogen-bond acceptors (Lipinski definition) is 4. The maximum absolute atomic E-state index is 9.28. The molecule has 1 unspecified atom stereocenters. The number of hydrogen-bond donors (Lipinski definition) is 1. The molecule has 1 heterocycles. The van der Waals surface area contributed by atoms with E-state index in [9.17, 15) is 5.11 Å². The molecule has 0 aliphatic heterocycles. The van der Waals surface area contributed by atoms with E-state index in [0.29, 0.717) is 16.5 Å². The molecule has 0 saturated carbocycles. The number of rotatable bonds is 2. The molecule has 1 aromatic carbocycles. The van der Waals surface area contributed by atoms with Gasteiger partial charge in [-0.05, 0) is 35.0 Å². The SMILES string of the molecule is CC(O)c1noc(-c2cccc(Br)c2Cl)n1. The van der Waals surface area contributed by atoms with Crippen LogP contribution in [0.1, 0.15) is 18.9 Å². The van der Waals surface area contributed by atoms with Crippen LogP contribution in [-0.2, 0) is 0 Å². The van der Waals surface area contributed by atoms with Gasteiger partial charge >= 0.3 is 0 Å². The second-order valence-corrected chi connectivity index (χ2v) is 4.47. The molecule has 0 spiro atoms. The van der Waals surface area contributed by atoms with Gasteiger partial charge in [-0.2, -0.15) is 4.98 Å². The Labute approximate surface area is 105 Å². The number of halogens is 2. The van der Waals surface area contributed by atoms with E-state index in [-0.39, 0.29) is 5.82 Å². The zero-order chi connectivity index (χ0) is 11.7. The van der Waals surface area contributed by atoms with Gasteiger partial charge in [-0.3, -0.25) is 0 Å². The number of aliphatic hydroxyl groups is 1. The van der Waals surface area contributed by atoms with Crippen LogP contribution < -0.4 is 0 Å². The summed E-state index contributed by atoms with van der Waals surface area (Å²) in [5.74, 6) is 0.535. The van der Waals surface area contributed by atoms with Crippen LogP contribution in [0, 0.1) is 0 Å². The number of aromatic nitrogens is 2. The molecular formula is C10H8BrClN2O2. The quantitative estimate of drug-likeness (QED) is 0.925. The highest BCUT2D eigenvalue weighted by Crippen LogP contribution is 2.32. The normalized spacial score (nSPS) is 12.8. The van der Waals surface area contributed by atoms with E-state index in [1.807, 2.05) is 12.1 Å². The zero-order valence-electron chi connectivity index (χ0n) is 8.32. The van der Waals surface area contributed by atoms with Crippen molar-refractivity contribution in [3.63, 3.8) is 0 Å². The molecule has 6 heteroatoms. The molecule has 0 aliphatic carbocycles. The smallest absolute Gasteiger partial charge is 0.259 e. The van der Waals surface area contributed by atoms with Crippen LogP contribution in [0.15, 0.2) is 27.2 Å². The van der Waals surface area contributed by atoms with Gasteiger partial charge in [0, 0.05) is 4.47 Å². The van der Waals surface area contributed by atoms with Crippen molar-refractivity contribution in [1.82, 2.24) is 10.1 Å². The summed E-state index contributed by atoms with van der Waals surface area (Å²) in [6, 6.07) is 5.40. The molecule has 0 aliphatic rings. The van der Waals surface area contributed by atoms with E-state index in [4.69, 9.17) is 16.1 Å². The predicted octanol–water partition coefficient (Wildman–Crippen LogP) is 3.21. The lowest BCUT2D eigenvalue weighted by Crippen LogP contribution is -1.93. The summed E-state index contributed by atoms with van der Waals surface area (Å²) in [5.41, 5.74) is 0.635. The molecule has 1 aromatic heterocycles. The number of aliphatic hydroxyl groups excluding tert-OH is 1. The van der Waals surface area contributed by atoms with Gasteiger partial charge in [0.15, 0.2) is 5.82 Å². The Morgan fingerprint density at radius 3 is 2.88 bits per heavy atom. The van der Waals surface area contributed by atoms with Crippen molar-refractivity contribution in [3.8, 4) is 11.5 Å². The first-order valence-corrected chi connectivity index (χ1v) is 5.72. The third-order valence-electron chi connectivity index (χ3n) is 2.00. The van der Waals surface area contributed by atoms with Crippen LogP contribution in [0.4, 0.5) is 0 Å². The first-order chi connectivity index (χ1) is 7.59. The molecule has 2 aromatic rings. The van der Waals surface area contributed by atoms with Gasteiger partial charge in [0.25, 0.3) is 5.89 Å². The maximum Gasteiger partial charge on any atom is 0.259 e. The lowest BCUT2D eigenvalue weighted by molar-refractivity contribution is 0.184. The van der Waals surface area contributed by atoms with Crippen LogP contribution in [0.25, 0.3) is 11.5 Å². The summed E-state index contributed by atoms with van der Waals surface area (Å²) in [4.78, 5) is 4.05. The summed E-state index contributed by atoms with van der Waals surface area (Å²) in [5, 5.41) is 13.4. The Hall–Kier alpha value is -0.910. The van der Waals surface area contributed by atoms with E-state index in [1.165, 1.54) is 0 Å². The molecule has 0 amide bonds. The highest BCUT2D eigenvalue weighted by Gasteiger charge is 2.15. The second kappa shape index (κ2) is 4.53. The van der Waals surface area contributed by atoms with Crippen molar-refractivity contribution in [2.75, 3.05) is 0 Å². The molecule has 84 valence electrons. The van der Waals surface area contributed by atoms with Gasteiger partial charge in [-0.25, -0.2) is 0 Å². The van der Waals surface area contributed by atoms with Gasteiger partial charge in [-0.1, -0.05) is 22.8 Å². The Kier molecular flexibility index (Phi) is 3.28. The Morgan fingerprint density at radius 1 is 1.50 bits per heavy atom. The molecule has 4 nitrogen and oxygen atoms in total. The summed E-state index contributed by atoms with van der Waals surface area (Å²) in [6.45, 7) is 1.57. The molecule has 1 N–H and O–H groups in total. The molecule has 2 rings (SSSR count). The highest BCUT2D eigenvalue weighted by molar-refractivity contribution is 9.10. The van der Waals surface area contributed by atoms with Gasteiger partial charge in [0.05, 0.1) is 10.6 Å². The Balaban J connectivity index is 2.47. The lowest BCUT2D eigenvalue weighted by atomic mass is 10.2. The van der Waals surface area contributed by atoms with Crippen LogP contribution in [0.3, 0.4) is 0 Å². The van der Waals surface area contributed by atoms with Crippen LogP contribution in [0.5, 0.6) is 0 Å². The van der Waals surface area contributed by atoms with Crippen molar-refractivity contribution in [1.29, 1.82) is 0 Å². The second-order valence-electron chi connectivity index (χ2n) is 3.24. The number of nitrogens with zero attached hydrogens (tertiary/aromatic N) is 2. The van der Waals surface area contributed by atoms with E-state index in [0.717, 1.165) is 4.47 Å². The van der Waals surface area contributed by atoms with Gasteiger partial charge in [0.1, 0.15) is 6.10 Å². The minimum atomic E-state index is -0.761. The van der Waals surface area contributed by atoms with E-state index in [1.54, 1.807) is 13.0 Å². The van der Waals surface area contributed by atoms with E-state index >= 15 is 0 Å². The molecule has 16 heavy (non-hydrogen) atoms. The summed E-state index contributed by atoms with van der Waals surface area (Å²) in [6.07, 6.45) is -0.761. The highest BCUT2D eigenvalue weighted by atomic mass is 79.9. The van der Waals surface area contributed by atoms with Gasteiger partial charge < -0.3 is 9.63 Å². The van der Waals surface area contributed by atoms with Crippen LogP contribution >= 0.6 is 27.5 Å².